The van der Waals surface area contributed by atoms with Gasteiger partial charge in [0.2, 0.25) is 5.91 Å². The minimum atomic E-state index is -1.80. The number of nitrogens with two attached hydrogens (primary N) is 1. The maximum Gasteiger partial charge on any atom is 0.417 e. The molecule has 0 aliphatic heterocycles. The van der Waals surface area contributed by atoms with Gasteiger partial charge in [0.1, 0.15) is 12.1 Å². The molecule has 11 heteroatoms. The van der Waals surface area contributed by atoms with Crippen LogP contribution in [0, 0.1) is 0 Å². The molecule has 1 aromatic carbocycles. The van der Waals surface area contributed by atoms with E-state index in [0.717, 1.165) is 11.4 Å². The predicted octanol–water partition coefficient (Wildman–Crippen LogP) is 1.42. The molecule has 1 atom stereocenters. The summed E-state index contributed by atoms with van der Waals surface area (Å²) in [4.78, 5) is 48.5. The number of benzene rings is 1. The lowest BCUT2D eigenvalue weighted by atomic mass is 10.1. The van der Waals surface area contributed by atoms with Crippen molar-refractivity contribution >= 4 is 49.3 Å². The summed E-state index contributed by atoms with van der Waals surface area (Å²) in [5, 5.41) is 0. The van der Waals surface area contributed by atoms with E-state index in [4.69, 9.17) is 15.2 Å². The van der Waals surface area contributed by atoms with Gasteiger partial charge in [-0.1, -0.05) is 43.1 Å². The highest BCUT2D eigenvalue weighted by Crippen LogP contribution is 2.29. The molecular formula is C19H27N3O6S2. The molecule has 0 spiro atoms. The van der Waals surface area contributed by atoms with Crippen LogP contribution in [-0.2, 0) is 30.3 Å². The number of carbonyl (C=O) groups is 4. The lowest BCUT2D eigenvalue weighted by molar-refractivity contribution is -0.151. The molecule has 0 bridgehead atoms. The van der Waals surface area contributed by atoms with E-state index in [-0.39, 0.29) is 6.42 Å². The van der Waals surface area contributed by atoms with E-state index in [1.165, 1.54) is 0 Å². The Morgan fingerprint density at radius 1 is 1.07 bits per heavy atom. The average molecular weight is 458 g/mol. The Morgan fingerprint density at radius 3 is 2.10 bits per heavy atom. The van der Waals surface area contributed by atoms with E-state index in [0.29, 0.717) is 10.5 Å². The number of ether oxygens (including phenoxy) is 2. The fourth-order valence-electron chi connectivity index (χ4n) is 2.37. The molecule has 1 aromatic rings. The molecule has 3 amide bonds. The number of methoxy groups -OCH3 is 1. The van der Waals surface area contributed by atoms with Gasteiger partial charge in [-0.05, 0) is 26.3 Å². The van der Waals surface area contributed by atoms with Crippen molar-refractivity contribution in [1.29, 1.82) is 0 Å². The monoisotopic (exact) mass is 457 g/mol. The zero-order valence-corrected chi connectivity index (χ0v) is 19.1. The largest absolute Gasteiger partial charge is 0.467 e. The number of hydrogen-bond donors (Lipinski definition) is 3. The molecule has 1 rings (SSSR count). The van der Waals surface area contributed by atoms with Crippen molar-refractivity contribution in [2.24, 2.45) is 5.73 Å². The van der Waals surface area contributed by atoms with Gasteiger partial charge in [-0.3, -0.25) is 13.9 Å². The Balaban J connectivity index is 3.14. The number of thiol groups is 2. The Bertz CT molecular complexity index is 784. The highest BCUT2D eigenvalue weighted by atomic mass is 32.1. The summed E-state index contributed by atoms with van der Waals surface area (Å²) in [5.41, 5.74) is 5.14. The molecule has 0 fully saturated rings. The first kappa shape index (κ1) is 25.8. The van der Waals surface area contributed by atoms with Crippen molar-refractivity contribution < 1.29 is 28.7 Å². The normalized spacial score (nSPS) is 13.0. The summed E-state index contributed by atoms with van der Waals surface area (Å²) in [6.45, 7) is 3.56. The van der Waals surface area contributed by atoms with Gasteiger partial charge in [0.15, 0.2) is 4.87 Å². The minimum Gasteiger partial charge on any atom is -0.467 e. The molecule has 9 nitrogen and oxygen atoms in total. The van der Waals surface area contributed by atoms with Crippen LogP contribution in [0.1, 0.15) is 26.3 Å². The van der Waals surface area contributed by atoms with E-state index < -0.39 is 47.4 Å². The van der Waals surface area contributed by atoms with Crippen molar-refractivity contribution in [1.82, 2.24) is 9.21 Å². The molecule has 166 valence electrons. The number of nitrogens with zero attached hydrogens (tertiary/aromatic N) is 2. The smallest absolute Gasteiger partial charge is 0.417 e. The summed E-state index contributed by atoms with van der Waals surface area (Å²) in [6, 6.07) is 8.80. The van der Waals surface area contributed by atoms with E-state index in [1.807, 2.05) is 0 Å². The molecule has 0 saturated carbocycles. The maximum atomic E-state index is 12.9. The number of imide groups is 1. The van der Waals surface area contributed by atoms with Gasteiger partial charge in [0, 0.05) is 6.42 Å². The number of rotatable bonds is 7. The van der Waals surface area contributed by atoms with E-state index in [2.05, 4.69) is 25.4 Å². The zero-order valence-electron chi connectivity index (χ0n) is 17.3. The second-order valence-electron chi connectivity index (χ2n) is 7.34. The standard InChI is InChI=1S/C19H27N3O6S2/c1-18(2,3)28-17(26)21(14(23)11-20)12-15(24)22(30)19(29,16(25)27-4)10-13-8-6-5-7-9-13/h5-9,29-30H,10-12,20H2,1-4H3/t19-/m1/s1. The van der Waals surface area contributed by atoms with Crippen molar-refractivity contribution in [2.75, 3.05) is 20.2 Å². The van der Waals surface area contributed by atoms with E-state index in [1.54, 1.807) is 51.1 Å². The van der Waals surface area contributed by atoms with E-state index in [9.17, 15) is 19.2 Å². The van der Waals surface area contributed by atoms with Crippen LogP contribution in [0.15, 0.2) is 30.3 Å². The fourth-order valence-corrected chi connectivity index (χ4v) is 2.97. The van der Waals surface area contributed by atoms with Gasteiger partial charge in [0.25, 0.3) is 5.91 Å². The number of amides is 3. The van der Waals surface area contributed by atoms with Crippen molar-refractivity contribution in [3.8, 4) is 0 Å². The van der Waals surface area contributed by atoms with Crippen LogP contribution < -0.4 is 5.73 Å². The first-order chi connectivity index (χ1) is 13.9. The lowest BCUT2D eigenvalue weighted by Gasteiger charge is -2.35. The maximum absolute atomic E-state index is 12.9. The highest BCUT2D eigenvalue weighted by molar-refractivity contribution is 7.85. The summed E-state index contributed by atoms with van der Waals surface area (Å²) in [7, 11) is 1.15. The summed E-state index contributed by atoms with van der Waals surface area (Å²) in [5.74, 6) is -2.53. The third kappa shape index (κ3) is 6.92. The van der Waals surface area contributed by atoms with Gasteiger partial charge in [-0.15, -0.1) is 12.6 Å². The van der Waals surface area contributed by atoms with Crippen LogP contribution in [0.3, 0.4) is 0 Å². The molecule has 0 heterocycles. The summed E-state index contributed by atoms with van der Waals surface area (Å²) < 4.78 is 10.7. The molecule has 0 unspecified atom stereocenters. The van der Waals surface area contributed by atoms with Crippen LogP contribution in [0.2, 0.25) is 0 Å². The third-order valence-corrected chi connectivity index (χ3v) is 5.04. The second kappa shape index (κ2) is 10.7. The Morgan fingerprint density at radius 2 is 1.63 bits per heavy atom. The SMILES string of the molecule is COC(=O)[C@](S)(Cc1ccccc1)N(S)C(=O)CN(C(=O)CN)C(=O)OC(C)(C)C. The fraction of sp³-hybridized carbons (Fsp3) is 0.474. The molecule has 2 N–H and O–H groups in total. The third-order valence-electron chi connectivity index (χ3n) is 3.78. The van der Waals surface area contributed by atoms with Crippen molar-refractivity contribution in [3.63, 3.8) is 0 Å². The molecule has 0 aromatic heterocycles. The molecule has 0 aliphatic carbocycles. The van der Waals surface area contributed by atoms with Crippen LogP contribution in [0.4, 0.5) is 4.79 Å². The topological polar surface area (TPSA) is 119 Å². The predicted molar refractivity (Wildman–Crippen MR) is 117 cm³/mol. The van der Waals surface area contributed by atoms with Gasteiger partial charge < -0.3 is 15.2 Å². The first-order valence-corrected chi connectivity index (χ1v) is 9.80. The first-order valence-electron chi connectivity index (χ1n) is 8.95. The Kier molecular flexibility index (Phi) is 9.19. The zero-order chi connectivity index (χ0) is 23.1. The van der Waals surface area contributed by atoms with Gasteiger partial charge in [0.05, 0.1) is 13.7 Å². The molecule has 0 saturated heterocycles. The lowest BCUT2D eigenvalue weighted by Crippen LogP contribution is -2.55. The summed E-state index contributed by atoms with van der Waals surface area (Å²) in [6.07, 6.45) is -1.07. The minimum absolute atomic E-state index is 0.0316. The average Bonchev–Trinajstić information content (AvgIpc) is 2.69. The van der Waals surface area contributed by atoms with Crippen LogP contribution in [-0.4, -0.2) is 63.8 Å². The number of hydrogen-bond acceptors (Lipinski definition) is 9. The second-order valence-corrected chi connectivity index (χ2v) is 8.48. The quantitative estimate of drug-likeness (QED) is 0.322. The molecule has 0 aliphatic rings. The van der Waals surface area contributed by atoms with Gasteiger partial charge >= 0.3 is 12.1 Å². The Hall–Kier alpha value is -2.24. The number of esters is 1. The van der Waals surface area contributed by atoms with Crippen molar-refractivity contribution in [3.05, 3.63) is 35.9 Å². The van der Waals surface area contributed by atoms with Crippen LogP contribution in [0.5, 0.6) is 0 Å². The van der Waals surface area contributed by atoms with Gasteiger partial charge in [-0.25, -0.2) is 14.5 Å². The summed E-state index contributed by atoms with van der Waals surface area (Å²) >= 11 is 8.51. The van der Waals surface area contributed by atoms with Crippen LogP contribution >= 0.6 is 25.4 Å². The Labute approximate surface area is 186 Å². The van der Waals surface area contributed by atoms with E-state index >= 15 is 0 Å². The van der Waals surface area contributed by atoms with Crippen molar-refractivity contribution in [2.45, 2.75) is 37.7 Å². The molecule has 30 heavy (non-hydrogen) atoms. The van der Waals surface area contributed by atoms with Crippen LogP contribution in [0.25, 0.3) is 0 Å². The number of carbonyl (C=O) groups excluding carboxylic acids is 4. The highest BCUT2D eigenvalue weighted by Gasteiger charge is 2.44. The molecule has 0 radical (unpaired) electrons. The molecular weight excluding hydrogens is 430 g/mol. The van der Waals surface area contributed by atoms with Gasteiger partial charge in [-0.2, -0.15) is 0 Å².